The molecule has 2 atom stereocenters. The summed E-state index contributed by atoms with van der Waals surface area (Å²) in [7, 11) is 6.86. The summed E-state index contributed by atoms with van der Waals surface area (Å²) in [6.45, 7) is 2.26. The van der Waals surface area contributed by atoms with Gasteiger partial charge in [0.15, 0.2) is 0 Å². The number of carbonyl (C=O) groups is 2. The van der Waals surface area contributed by atoms with Crippen molar-refractivity contribution in [3.63, 3.8) is 0 Å². The molecule has 0 aliphatic heterocycles. The molecule has 0 bridgehead atoms. The maximum absolute atomic E-state index is 12.7. The number of nitrogens with one attached hydrogen (secondary N) is 2. The average molecular weight is 497 g/mol. The van der Waals surface area contributed by atoms with Crippen molar-refractivity contribution in [1.29, 1.82) is 0 Å². The monoisotopic (exact) mass is 496 g/mol. The van der Waals surface area contributed by atoms with E-state index in [9.17, 15) is 9.59 Å². The number of hydrogen-bond donors (Lipinski definition) is 2. The van der Waals surface area contributed by atoms with Crippen molar-refractivity contribution in [1.82, 2.24) is 20.4 Å². The highest BCUT2D eigenvalue weighted by Crippen LogP contribution is 2.28. The van der Waals surface area contributed by atoms with Crippen LogP contribution in [0.5, 0.6) is 11.5 Å². The highest BCUT2D eigenvalue weighted by atomic mass is 16.5. The minimum absolute atomic E-state index is 0.0886. The fraction of sp³-hybridized carbons (Fsp3) is 0.500. The number of hydrogen-bond acceptors (Lipinski definition) is 4. The Hall–Kier alpha value is -3.42. The molecule has 0 heterocycles. The molecule has 8 heteroatoms. The second-order valence-electron chi connectivity index (χ2n) is 9.61. The Morgan fingerprint density at radius 1 is 0.778 bits per heavy atom. The summed E-state index contributed by atoms with van der Waals surface area (Å²) in [6.07, 6.45) is 4.28. The molecule has 0 aromatic heterocycles. The van der Waals surface area contributed by atoms with E-state index in [-0.39, 0.29) is 12.1 Å². The van der Waals surface area contributed by atoms with Crippen LogP contribution in [-0.4, -0.2) is 63.3 Å². The Kier molecular flexibility index (Phi) is 10.3. The van der Waals surface area contributed by atoms with Crippen LogP contribution in [0.3, 0.4) is 0 Å². The van der Waals surface area contributed by atoms with E-state index in [1.165, 1.54) is 0 Å². The Bertz CT molecular complexity index is 922. The maximum atomic E-state index is 12.7. The summed E-state index contributed by atoms with van der Waals surface area (Å²) < 4.78 is 10.8. The predicted octanol–water partition coefficient (Wildman–Crippen LogP) is 4.49. The molecule has 3 rings (SSSR count). The van der Waals surface area contributed by atoms with E-state index < -0.39 is 0 Å². The van der Waals surface area contributed by atoms with Crippen LogP contribution >= 0.6 is 0 Å². The zero-order valence-electron chi connectivity index (χ0n) is 22.0. The molecule has 2 aromatic carbocycles. The van der Waals surface area contributed by atoms with Gasteiger partial charge >= 0.3 is 12.1 Å². The smallest absolute Gasteiger partial charge is 0.317 e. The molecule has 1 aliphatic carbocycles. The molecule has 2 aromatic rings. The summed E-state index contributed by atoms with van der Waals surface area (Å²) in [5, 5.41) is 6.18. The Balaban J connectivity index is 1.40. The molecule has 1 saturated carbocycles. The van der Waals surface area contributed by atoms with E-state index in [1.807, 2.05) is 48.5 Å². The predicted molar refractivity (Wildman–Crippen MR) is 141 cm³/mol. The summed E-state index contributed by atoms with van der Waals surface area (Å²) in [5.74, 6) is 2.39. The average Bonchev–Trinajstić information content (AvgIpc) is 2.91. The van der Waals surface area contributed by atoms with Gasteiger partial charge in [0, 0.05) is 38.3 Å². The number of methoxy groups -OCH3 is 2. The van der Waals surface area contributed by atoms with E-state index in [0.29, 0.717) is 38.0 Å². The largest absolute Gasteiger partial charge is 0.496 e. The molecule has 1 aliphatic rings. The van der Waals surface area contributed by atoms with Gasteiger partial charge in [0.05, 0.1) is 27.3 Å². The molecule has 8 nitrogen and oxygen atoms in total. The lowest BCUT2D eigenvalue weighted by molar-refractivity contribution is 0.193. The van der Waals surface area contributed by atoms with Crippen molar-refractivity contribution >= 4 is 12.1 Å². The number of urea groups is 2. The second-order valence-corrected chi connectivity index (χ2v) is 9.61. The van der Waals surface area contributed by atoms with Gasteiger partial charge in [0.25, 0.3) is 0 Å². The lowest BCUT2D eigenvalue weighted by Gasteiger charge is -2.30. The molecule has 4 amide bonds. The van der Waals surface area contributed by atoms with Gasteiger partial charge in [-0.15, -0.1) is 0 Å². The Labute approximate surface area is 214 Å². The van der Waals surface area contributed by atoms with Crippen LogP contribution in [0.15, 0.2) is 48.5 Å². The standard InChI is InChI=1S/C28H40N4O4/c1-31(19-23-12-5-7-14-25(23)35-3)27(33)29-17-21-10-9-11-22(16-21)18-30-28(34)32(2)20-24-13-6-8-15-26(24)36-4/h5-8,12-15,21-22H,9-11,16-20H2,1-4H3,(H,29,33)(H,30,34)/t21-,22+. The summed E-state index contributed by atoms with van der Waals surface area (Å²) in [6, 6.07) is 15.3. The Morgan fingerprint density at radius 2 is 1.19 bits per heavy atom. The second kappa shape index (κ2) is 13.6. The van der Waals surface area contributed by atoms with E-state index in [4.69, 9.17) is 9.47 Å². The third kappa shape index (κ3) is 7.80. The van der Waals surface area contributed by atoms with Gasteiger partial charge in [-0.05, 0) is 43.2 Å². The van der Waals surface area contributed by atoms with Crippen LogP contribution in [0, 0.1) is 11.8 Å². The first-order valence-corrected chi connectivity index (χ1v) is 12.6. The Morgan fingerprint density at radius 3 is 1.61 bits per heavy atom. The van der Waals surface area contributed by atoms with Crippen LogP contribution in [0.1, 0.15) is 36.8 Å². The zero-order chi connectivity index (χ0) is 25.9. The van der Waals surface area contributed by atoms with E-state index in [1.54, 1.807) is 38.1 Å². The number of carbonyl (C=O) groups excluding carboxylic acids is 2. The highest BCUT2D eigenvalue weighted by Gasteiger charge is 2.24. The summed E-state index contributed by atoms with van der Waals surface area (Å²) in [4.78, 5) is 28.7. The van der Waals surface area contributed by atoms with Crippen molar-refractivity contribution in [2.24, 2.45) is 11.8 Å². The molecule has 0 saturated heterocycles. The summed E-state index contributed by atoms with van der Waals surface area (Å²) in [5.41, 5.74) is 1.95. The molecule has 0 unspecified atom stereocenters. The van der Waals surface area contributed by atoms with Crippen LogP contribution in [-0.2, 0) is 13.1 Å². The maximum Gasteiger partial charge on any atom is 0.317 e. The molecular formula is C28H40N4O4. The number of para-hydroxylation sites is 2. The van der Waals surface area contributed by atoms with E-state index in [0.717, 1.165) is 48.3 Å². The third-order valence-electron chi connectivity index (χ3n) is 6.87. The normalized spacial score (nSPS) is 17.1. The van der Waals surface area contributed by atoms with Crippen LogP contribution in [0.25, 0.3) is 0 Å². The van der Waals surface area contributed by atoms with Crippen molar-refractivity contribution in [3.8, 4) is 11.5 Å². The number of amides is 4. The quantitative estimate of drug-likeness (QED) is 0.508. The lowest BCUT2D eigenvalue weighted by atomic mass is 9.81. The zero-order valence-corrected chi connectivity index (χ0v) is 22.0. The van der Waals surface area contributed by atoms with Gasteiger partial charge in [-0.3, -0.25) is 0 Å². The number of rotatable bonds is 10. The first-order valence-electron chi connectivity index (χ1n) is 12.6. The molecule has 196 valence electrons. The minimum Gasteiger partial charge on any atom is -0.496 e. The molecular weight excluding hydrogens is 456 g/mol. The van der Waals surface area contributed by atoms with Gasteiger partial charge < -0.3 is 29.9 Å². The van der Waals surface area contributed by atoms with Gasteiger partial charge in [-0.25, -0.2) is 9.59 Å². The van der Waals surface area contributed by atoms with Gasteiger partial charge in [-0.1, -0.05) is 42.8 Å². The molecule has 0 spiro atoms. The van der Waals surface area contributed by atoms with E-state index >= 15 is 0 Å². The molecule has 0 radical (unpaired) electrons. The fourth-order valence-corrected chi connectivity index (χ4v) is 4.83. The van der Waals surface area contributed by atoms with Gasteiger partial charge in [-0.2, -0.15) is 0 Å². The van der Waals surface area contributed by atoms with Gasteiger partial charge in [0.2, 0.25) is 0 Å². The molecule has 2 N–H and O–H groups in total. The fourth-order valence-electron chi connectivity index (χ4n) is 4.83. The van der Waals surface area contributed by atoms with Gasteiger partial charge in [0.1, 0.15) is 11.5 Å². The van der Waals surface area contributed by atoms with Crippen molar-refractivity contribution in [2.45, 2.75) is 38.8 Å². The van der Waals surface area contributed by atoms with Crippen molar-refractivity contribution < 1.29 is 19.1 Å². The highest BCUT2D eigenvalue weighted by molar-refractivity contribution is 5.74. The van der Waals surface area contributed by atoms with Crippen LogP contribution in [0.2, 0.25) is 0 Å². The summed E-state index contributed by atoms with van der Waals surface area (Å²) >= 11 is 0. The lowest BCUT2D eigenvalue weighted by Crippen LogP contribution is -2.42. The topological polar surface area (TPSA) is 83.1 Å². The number of nitrogens with zero attached hydrogens (tertiary/aromatic N) is 2. The first-order chi connectivity index (χ1) is 17.4. The minimum atomic E-state index is -0.0886. The number of benzene rings is 2. The molecule has 1 fully saturated rings. The molecule has 36 heavy (non-hydrogen) atoms. The van der Waals surface area contributed by atoms with E-state index in [2.05, 4.69) is 10.6 Å². The first kappa shape index (κ1) is 27.2. The van der Waals surface area contributed by atoms with Crippen LogP contribution in [0.4, 0.5) is 9.59 Å². The van der Waals surface area contributed by atoms with Crippen molar-refractivity contribution in [3.05, 3.63) is 59.7 Å². The van der Waals surface area contributed by atoms with Crippen molar-refractivity contribution in [2.75, 3.05) is 41.4 Å². The third-order valence-corrected chi connectivity index (χ3v) is 6.87. The van der Waals surface area contributed by atoms with Crippen LogP contribution < -0.4 is 20.1 Å². The number of ether oxygens (including phenoxy) is 2. The SMILES string of the molecule is COc1ccccc1CN(C)C(=O)NC[C@H]1CCC[C@@H](CNC(=O)N(C)Cc2ccccc2OC)C1.